The van der Waals surface area contributed by atoms with E-state index in [0.717, 1.165) is 11.1 Å². The molecule has 8 heteroatoms. The van der Waals surface area contributed by atoms with Crippen molar-refractivity contribution < 1.29 is 13.2 Å². The Morgan fingerprint density at radius 3 is 2.31 bits per heavy atom. The molecule has 0 saturated carbocycles. The third-order valence-electron chi connectivity index (χ3n) is 4.26. The SMILES string of the molecule is CC(c1ccc(S(N)(=O)=O)cc1)N(C)C(=O)c1cnc2ccccc2n1. The van der Waals surface area contributed by atoms with Gasteiger partial charge in [0.1, 0.15) is 5.69 Å². The molecule has 134 valence electrons. The number of nitrogens with two attached hydrogens (primary N) is 1. The van der Waals surface area contributed by atoms with Crippen LogP contribution in [0.1, 0.15) is 29.0 Å². The molecule has 0 radical (unpaired) electrons. The van der Waals surface area contributed by atoms with Crippen LogP contribution in [0.4, 0.5) is 0 Å². The number of amides is 1. The molecule has 1 aromatic heterocycles. The Labute approximate surface area is 151 Å². The number of hydrogen-bond donors (Lipinski definition) is 1. The number of carbonyl (C=O) groups excluding carboxylic acids is 1. The highest BCUT2D eigenvalue weighted by atomic mass is 32.2. The molecule has 2 N–H and O–H groups in total. The number of primary sulfonamides is 1. The minimum Gasteiger partial charge on any atom is -0.334 e. The second-order valence-electron chi connectivity index (χ2n) is 5.95. The third-order valence-corrected chi connectivity index (χ3v) is 5.19. The van der Waals surface area contributed by atoms with Gasteiger partial charge < -0.3 is 4.90 Å². The topological polar surface area (TPSA) is 106 Å². The molecule has 1 amide bonds. The van der Waals surface area contributed by atoms with Gasteiger partial charge in [0.25, 0.3) is 5.91 Å². The maximum absolute atomic E-state index is 12.7. The van der Waals surface area contributed by atoms with E-state index in [1.807, 2.05) is 25.1 Å². The predicted octanol–water partition coefficient (Wildman–Crippen LogP) is 2.11. The van der Waals surface area contributed by atoms with Crippen molar-refractivity contribution in [1.29, 1.82) is 0 Å². The summed E-state index contributed by atoms with van der Waals surface area (Å²) < 4.78 is 22.7. The Morgan fingerprint density at radius 2 is 1.69 bits per heavy atom. The lowest BCUT2D eigenvalue weighted by molar-refractivity contribution is 0.0736. The van der Waals surface area contributed by atoms with E-state index in [1.54, 1.807) is 25.2 Å². The van der Waals surface area contributed by atoms with Crippen LogP contribution in [0.5, 0.6) is 0 Å². The van der Waals surface area contributed by atoms with Gasteiger partial charge in [0, 0.05) is 7.05 Å². The van der Waals surface area contributed by atoms with Gasteiger partial charge in [-0.05, 0) is 36.8 Å². The number of aromatic nitrogens is 2. The van der Waals surface area contributed by atoms with Gasteiger partial charge in [-0.1, -0.05) is 24.3 Å². The van der Waals surface area contributed by atoms with E-state index in [0.29, 0.717) is 5.52 Å². The van der Waals surface area contributed by atoms with Crippen LogP contribution in [0, 0.1) is 0 Å². The first-order chi connectivity index (χ1) is 12.3. The summed E-state index contributed by atoms with van der Waals surface area (Å²) >= 11 is 0. The van der Waals surface area contributed by atoms with E-state index in [9.17, 15) is 13.2 Å². The third kappa shape index (κ3) is 3.56. The van der Waals surface area contributed by atoms with E-state index in [4.69, 9.17) is 5.14 Å². The Morgan fingerprint density at radius 1 is 1.08 bits per heavy atom. The van der Waals surface area contributed by atoms with Crippen LogP contribution in [-0.2, 0) is 10.0 Å². The summed E-state index contributed by atoms with van der Waals surface area (Å²) in [4.78, 5) is 22.9. The standard InChI is InChI=1S/C18H18N4O3S/c1-12(13-7-9-14(10-8-13)26(19,24)25)22(2)18(23)17-11-20-15-5-3-4-6-16(15)21-17/h3-12H,1-2H3,(H2,19,24,25). The molecule has 3 rings (SSSR count). The van der Waals surface area contributed by atoms with Crippen LogP contribution >= 0.6 is 0 Å². The quantitative estimate of drug-likeness (QED) is 0.757. The van der Waals surface area contributed by atoms with Crippen molar-refractivity contribution >= 4 is 27.0 Å². The number of sulfonamides is 1. The molecule has 1 atom stereocenters. The maximum Gasteiger partial charge on any atom is 0.274 e. The van der Waals surface area contributed by atoms with Gasteiger partial charge in [0.2, 0.25) is 10.0 Å². The smallest absolute Gasteiger partial charge is 0.274 e. The zero-order valence-electron chi connectivity index (χ0n) is 14.3. The second-order valence-corrected chi connectivity index (χ2v) is 7.51. The summed E-state index contributed by atoms with van der Waals surface area (Å²) in [7, 11) is -2.08. The summed E-state index contributed by atoms with van der Waals surface area (Å²) in [5.41, 5.74) is 2.40. The van der Waals surface area contributed by atoms with Gasteiger partial charge >= 0.3 is 0 Å². The van der Waals surface area contributed by atoms with Gasteiger partial charge in [-0.25, -0.2) is 18.5 Å². The minimum absolute atomic E-state index is 0.0304. The zero-order valence-corrected chi connectivity index (χ0v) is 15.1. The molecule has 26 heavy (non-hydrogen) atoms. The Hall–Kier alpha value is -2.84. The van der Waals surface area contributed by atoms with Crippen molar-refractivity contribution in [3.63, 3.8) is 0 Å². The van der Waals surface area contributed by atoms with Crippen LogP contribution in [0.3, 0.4) is 0 Å². The average molecular weight is 370 g/mol. The number of nitrogens with zero attached hydrogens (tertiary/aromatic N) is 3. The molecule has 1 unspecified atom stereocenters. The Balaban J connectivity index is 1.84. The normalized spacial score (nSPS) is 12.7. The predicted molar refractivity (Wildman–Crippen MR) is 97.9 cm³/mol. The molecule has 0 aliphatic carbocycles. The second kappa shape index (κ2) is 6.81. The lowest BCUT2D eigenvalue weighted by Gasteiger charge is -2.25. The number of hydrogen-bond acceptors (Lipinski definition) is 5. The summed E-state index contributed by atoms with van der Waals surface area (Å²) in [5, 5.41) is 5.10. The van der Waals surface area contributed by atoms with Crippen molar-refractivity contribution in [3.05, 3.63) is 66.0 Å². The Kier molecular flexibility index (Phi) is 4.71. The lowest BCUT2D eigenvalue weighted by atomic mass is 10.1. The number of rotatable bonds is 4. The van der Waals surface area contributed by atoms with Gasteiger partial charge in [-0.3, -0.25) is 9.78 Å². The molecule has 0 aliphatic rings. The van der Waals surface area contributed by atoms with Crippen molar-refractivity contribution in [2.75, 3.05) is 7.05 Å². The lowest BCUT2D eigenvalue weighted by Crippen LogP contribution is -2.30. The number of fused-ring (bicyclic) bond motifs is 1. The maximum atomic E-state index is 12.7. The van der Waals surface area contributed by atoms with Gasteiger partial charge in [-0.2, -0.15) is 0 Å². The number of carbonyl (C=O) groups is 1. The van der Waals surface area contributed by atoms with Gasteiger partial charge in [-0.15, -0.1) is 0 Å². The average Bonchev–Trinajstić information content (AvgIpc) is 2.65. The summed E-state index contributed by atoms with van der Waals surface area (Å²) in [6.07, 6.45) is 1.46. The molecular weight excluding hydrogens is 352 g/mol. The molecule has 0 saturated heterocycles. The van der Waals surface area contributed by atoms with E-state index in [2.05, 4.69) is 9.97 Å². The van der Waals surface area contributed by atoms with Crippen molar-refractivity contribution in [1.82, 2.24) is 14.9 Å². The van der Waals surface area contributed by atoms with E-state index < -0.39 is 10.0 Å². The van der Waals surface area contributed by atoms with E-state index in [1.165, 1.54) is 23.2 Å². The highest BCUT2D eigenvalue weighted by Gasteiger charge is 2.21. The Bertz CT molecular complexity index is 1070. The first-order valence-electron chi connectivity index (χ1n) is 7.89. The highest BCUT2D eigenvalue weighted by molar-refractivity contribution is 7.89. The van der Waals surface area contributed by atoms with Crippen LogP contribution in [0.2, 0.25) is 0 Å². The molecule has 0 fully saturated rings. The van der Waals surface area contributed by atoms with Crippen molar-refractivity contribution in [3.8, 4) is 0 Å². The molecular formula is C18H18N4O3S. The fourth-order valence-corrected chi connectivity index (χ4v) is 3.09. The molecule has 0 aliphatic heterocycles. The number of benzene rings is 2. The fraction of sp³-hybridized carbons (Fsp3) is 0.167. The van der Waals surface area contributed by atoms with Crippen LogP contribution in [0.25, 0.3) is 11.0 Å². The molecule has 1 heterocycles. The van der Waals surface area contributed by atoms with E-state index in [-0.39, 0.29) is 22.5 Å². The highest BCUT2D eigenvalue weighted by Crippen LogP contribution is 2.22. The summed E-state index contributed by atoms with van der Waals surface area (Å²) in [6, 6.07) is 13.2. The molecule has 7 nitrogen and oxygen atoms in total. The van der Waals surface area contributed by atoms with Crippen LogP contribution in [0.15, 0.2) is 59.6 Å². The molecule has 0 spiro atoms. The van der Waals surface area contributed by atoms with Crippen LogP contribution < -0.4 is 5.14 Å². The van der Waals surface area contributed by atoms with Crippen molar-refractivity contribution in [2.45, 2.75) is 17.9 Å². The summed E-state index contributed by atoms with van der Waals surface area (Å²) in [6.45, 7) is 1.85. The number of para-hydroxylation sites is 2. The largest absolute Gasteiger partial charge is 0.334 e. The fourth-order valence-electron chi connectivity index (χ4n) is 2.58. The molecule has 0 bridgehead atoms. The van der Waals surface area contributed by atoms with Gasteiger partial charge in [0.05, 0.1) is 28.2 Å². The van der Waals surface area contributed by atoms with Crippen molar-refractivity contribution in [2.24, 2.45) is 5.14 Å². The minimum atomic E-state index is -3.74. The first-order valence-corrected chi connectivity index (χ1v) is 9.44. The van der Waals surface area contributed by atoms with Crippen LogP contribution in [-0.4, -0.2) is 36.2 Å². The van der Waals surface area contributed by atoms with E-state index >= 15 is 0 Å². The zero-order chi connectivity index (χ0) is 18.9. The van der Waals surface area contributed by atoms with Gasteiger partial charge in [0.15, 0.2) is 0 Å². The monoisotopic (exact) mass is 370 g/mol. The summed E-state index contributed by atoms with van der Waals surface area (Å²) in [5.74, 6) is -0.272. The molecule has 2 aromatic carbocycles. The molecule has 3 aromatic rings. The first kappa shape index (κ1) is 18.0.